The van der Waals surface area contributed by atoms with Crippen LogP contribution in [0.5, 0.6) is 5.75 Å². The molecule has 126 valence electrons. The van der Waals surface area contributed by atoms with Crippen LogP contribution in [0.15, 0.2) is 12.1 Å². The molecule has 0 aliphatic carbocycles. The molecule has 1 fully saturated rings. The second kappa shape index (κ2) is 6.91. The van der Waals surface area contributed by atoms with Gasteiger partial charge in [0.05, 0.1) is 0 Å². The number of carbonyl (C=O) groups excluding carboxylic acids is 1. The number of aryl methyl sites for hydroxylation is 2. The highest BCUT2D eigenvalue weighted by Gasteiger charge is 2.34. The van der Waals surface area contributed by atoms with E-state index in [1.54, 1.807) is 0 Å². The monoisotopic (exact) mass is 316 g/mol. The minimum Gasteiger partial charge on any atom is -0.480 e. The van der Waals surface area contributed by atoms with Gasteiger partial charge in [0.15, 0.2) is 6.10 Å². The van der Waals surface area contributed by atoms with Gasteiger partial charge in [-0.2, -0.15) is 0 Å². The van der Waals surface area contributed by atoms with Crippen molar-refractivity contribution in [1.82, 2.24) is 10.2 Å². The van der Waals surface area contributed by atoms with E-state index in [4.69, 9.17) is 4.74 Å². The number of amides is 1. The van der Waals surface area contributed by atoms with Gasteiger partial charge in [-0.1, -0.05) is 13.0 Å². The third-order valence-corrected chi connectivity index (χ3v) is 5.24. The fourth-order valence-electron chi connectivity index (χ4n) is 3.56. The highest BCUT2D eigenvalue weighted by atomic mass is 16.5. The minimum absolute atomic E-state index is 0.165. The van der Waals surface area contributed by atoms with Crippen LogP contribution in [0.1, 0.15) is 36.5 Å². The first-order chi connectivity index (χ1) is 11.1. The quantitative estimate of drug-likeness (QED) is 0.928. The molecule has 4 nitrogen and oxygen atoms in total. The number of hydrogen-bond donors (Lipinski definition) is 1. The molecule has 1 amide bonds. The Kier molecular flexibility index (Phi) is 4.90. The molecule has 0 bridgehead atoms. The van der Waals surface area contributed by atoms with Crippen LogP contribution in [0.25, 0.3) is 0 Å². The average Bonchev–Trinajstić information content (AvgIpc) is 2.96. The van der Waals surface area contributed by atoms with Gasteiger partial charge in [-0.25, -0.2) is 0 Å². The van der Waals surface area contributed by atoms with Crippen LogP contribution in [0.3, 0.4) is 0 Å². The van der Waals surface area contributed by atoms with Crippen LogP contribution in [0.2, 0.25) is 0 Å². The van der Waals surface area contributed by atoms with Crippen molar-refractivity contribution < 1.29 is 9.53 Å². The van der Waals surface area contributed by atoms with Gasteiger partial charge >= 0.3 is 0 Å². The molecule has 0 radical (unpaired) electrons. The van der Waals surface area contributed by atoms with Crippen LogP contribution in [0.4, 0.5) is 0 Å². The van der Waals surface area contributed by atoms with Crippen molar-refractivity contribution in [2.24, 2.45) is 5.92 Å². The molecule has 4 heteroatoms. The summed E-state index contributed by atoms with van der Waals surface area (Å²) >= 11 is 0. The summed E-state index contributed by atoms with van der Waals surface area (Å²) in [6.07, 6.45) is 2.58. The Labute approximate surface area is 139 Å². The molecular formula is C19H28N2O2. The van der Waals surface area contributed by atoms with Crippen molar-refractivity contribution in [2.75, 3.05) is 26.2 Å². The largest absolute Gasteiger partial charge is 0.480 e. The topological polar surface area (TPSA) is 41.6 Å². The van der Waals surface area contributed by atoms with E-state index in [1.807, 2.05) is 4.90 Å². The number of hydrogen-bond acceptors (Lipinski definition) is 3. The van der Waals surface area contributed by atoms with Gasteiger partial charge in [-0.3, -0.25) is 4.79 Å². The first-order valence-corrected chi connectivity index (χ1v) is 8.84. The Morgan fingerprint density at radius 1 is 1.26 bits per heavy atom. The normalized spacial score (nSPS) is 21.2. The number of piperidine rings is 1. The van der Waals surface area contributed by atoms with Crippen molar-refractivity contribution in [3.05, 3.63) is 28.8 Å². The smallest absolute Gasteiger partial charge is 0.263 e. The zero-order chi connectivity index (χ0) is 16.4. The second-order valence-electron chi connectivity index (χ2n) is 6.93. The number of likely N-dealkylation sites (tertiary alicyclic amines) is 1. The Morgan fingerprint density at radius 3 is 2.65 bits per heavy atom. The number of ether oxygens (including phenoxy) is 1. The molecule has 23 heavy (non-hydrogen) atoms. The summed E-state index contributed by atoms with van der Waals surface area (Å²) in [7, 11) is 0. The van der Waals surface area contributed by atoms with E-state index in [2.05, 4.69) is 38.2 Å². The Balaban J connectivity index is 1.56. The number of rotatable bonds is 4. The lowest BCUT2D eigenvalue weighted by atomic mass is 9.96. The molecule has 2 aliphatic rings. The van der Waals surface area contributed by atoms with Crippen LogP contribution < -0.4 is 10.1 Å². The van der Waals surface area contributed by atoms with E-state index < -0.39 is 0 Å². The zero-order valence-corrected chi connectivity index (χ0v) is 14.5. The van der Waals surface area contributed by atoms with Gasteiger partial charge in [0.2, 0.25) is 0 Å². The number of nitrogens with zero attached hydrogens (tertiary/aromatic N) is 1. The van der Waals surface area contributed by atoms with E-state index in [9.17, 15) is 4.79 Å². The standard InChI is InChI=1S/C19H28N2O2/c1-4-20-12-15-5-7-21(8-6-15)19(22)18-11-16-9-13(2)14(3)10-17(16)23-18/h9-10,15,18,20H,4-8,11-12H2,1-3H3. The van der Waals surface area contributed by atoms with Crippen molar-refractivity contribution in [2.45, 2.75) is 46.1 Å². The highest BCUT2D eigenvalue weighted by molar-refractivity contribution is 5.82. The molecule has 1 atom stereocenters. The summed E-state index contributed by atoms with van der Waals surface area (Å²) < 4.78 is 5.95. The van der Waals surface area contributed by atoms with E-state index in [0.29, 0.717) is 12.3 Å². The van der Waals surface area contributed by atoms with E-state index in [0.717, 1.165) is 44.8 Å². The van der Waals surface area contributed by atoms with Gasteiger partial charge in [-0.15, -0.1) is 0 Å². The molecule has 1 N–H and O–H groups in total. The van der Waals surface area contributed by atoms with Gasteiger partial charge < -0.3 is 15.0 Å². The van der Waals surface area contributed by atoms with Gasteiger partial charge in [0.1, 0.15) is 5.75 Å². The summed E-state index contributed by atoms with van der Waals surface area (Å²) in [5.74, 6) is 1.76. The molecule has 3 rings (SSSR count). The maximum Gasteiger partial charge on any atom is 0.263 e. The van der Waals surface area contributed by atoms with Gasteiger partial charge in [0, 0.05) is 19.5 Å². The Bertz CT molecular complexity index is 546. The maximum atomic E-state index is 12.7. The third kappa shape index (κ3) is 3.52. The second-order valence-corrected chi connectivity index (χ2v) is 6.93. The predicted molar refractivity (Wildman–Crippen MR) is 91.9 cm³/mol. The van der Waals surface area contributed by atoms with Crippen LogP contribution >= 0.6 is 0 Å². The Morgan fingerprint density at radius 2 is 1.96 bits per heavy atom. The molecule has 1 saturated heterocycles. The van der Waals surface area contributed by atoms with Crippen LogP contribution in [0, 0.1) is 19.8 Å². The lowest BCUT2D eigenvalue weighted by molar-refractivity contribution is -0.139. The zero-order valence-electron chi connectivity index (χ0n) is 14.5. The fourth-order valence-corrected chi connectivity index (χ4v) is 3.56. The number of carbonyl (C=O) groups is 1. The summed E-state index contributed by atoms with van der Waals surface area (Å²) in [5, 5.41) is 3.41. The molecule has 1 aromatic carbocycles. The maximum absolute atomic E-state index is 12.7. The van der Waals surface area contributed by atoms with Crippen molar-refractivity contribution >= 4 is 5.91 Å². The first kappa shape index (κ1) is 16.3. The minimum atomic E-state index is -0.323. The molecule has 0 spiro atoms. The SMILES string of the molecule is CCNCC1CCN(C(=O)C2Cc3cc(C)c(C)cc3O2)CC1. The van der Waals surface area contributed by atoms with Crippen molar-refractivity contribution in [1.29, 1.82) is 0 Å². The molecule has 0 saturated carbocycles. The van der Waals surface area contributed by atoms with E-state index in [-0.39, 0.29) is 12.0 Å². The summed E-state index contributed by atoms with van der Waals surface area (Å²) in [6.45, 7) is 10.2. The summed E-state index contributed by atoms with van der Waals surface area (Å²) in [5.41, 5.74) is 3.67. The third-order valence-electron chi connectivity index (χ3n) is 5.24. The predicted octanol–water partition coefficient (Wildman–Crippen LogP) is 2.46. The van der Waals surface area contributed by atoms with Crippen molar-refractivity contribution in [3.63, 3.8) is 0 Å². The van der Waals surface area contributed by atoms with Crippen LogP contribution in [-0.2, 0) is 11.2 Å². The lowest BCUT2D eigenvalue weighted by Gasteiger charge is -2.33. The molecule has 2 aliphatic heterocycles. The molecule has 1 aromatic rings. The van der Waals surface area contributed by atoms with E-state index in [1.165, 1.54) is 16.7 Å². The highest BCUT2D eigenvalue weighted by Crippen LogP contribution is 2.32. The molecular weight excluding hydrogens is 288 g/mol. The molecule has 1 unspecified atom stereocenters. The number of nitrogens with one attached hydrogen (secondary N) is 1. The fraction of sp³-hybridized carbons (Fsp3) is 0.632. The molecule has 2 heterocycles. The van der Waals surface area contributed by atoms with Crippen molar-refractivity contribution in [3.8, 4) is 5.75 Å². The van der Waals surface area contributed by atoms with Crippen LogP contribution in [-0.4, -0.2) is 43.1 Å². The summed E-state index contributed by atoms with van der Waals surface area (Å²) in [4.78, 5) is 14.7. The van der Waals surface area contributed by atoms with Gasteiger partial charge in [-0.05, 0) is 68.5 Å². The van der Waals surface area contributed by atoms with E-state index >= 15 is 0 Å². The molecule has 0 aromatic heterocycles. The average molecular weight is 316 g/mol. The number of benzene rings is 1. The number of fused-ring (bicyclic) bond motifs is 1. The first-order valence-electron chi connectivity index (χ1n) is 8.84. The van der Waals surface area contributed by atoms with Gasteiger partial charge in [0.25, 0.3) is 5.91 Å². The lowest BCUT2D eigenvalue weighted by Crippen LogP contribution is -2.46. The summed E-state index contributed by atoms with van der Waals surface area (Å²) in [6, 6.07) is 4.24. The Hall–Kier alpha value is -1.55.